The molecule has 28 heavy (non-hydrogen) atoms. The molecule has 10 nitrogen and oxygen atoms in total. The number of amides is 1. The molecule has 1 aromatic heterocycles. The quantitative estimate of drug-likeness (QED) is 0.241. The van der Waals surface area contributed by atoms with Crippen LogP contribution in [-0.4, -0.2) is 62.2 Å². The van der Waals surface area contributed by atoms with E-state index < -0.39 is 0 Å². The summed E-state index contributed by atoms with van der Waals surface area (Å²) >= 11 is 0. The summed E-state index contributed by atoms with van der Waals surface area (Å²) in [6, 6.07) is -0.215. The maximum Gasteiger partial charge on any atom is 0.322 e. The van der Waals surface area contributed by atoms with Crippen LogP contribution in [0.2, 0.25) is 0 Å². The average Bonchev–Trinajstić information content (AvgIpc) is 2.69. The van der Waals surface area contributed by atoms with Crippen molar-refractivity contribution in [2.75, 3.05) is 49.8 Å². The predicted molar refractivity (Wildman–Crippen MR) is 109 cm³/mol. The number of nitrogen functional groups attached to an aromatic ring is 1. The zero-order chi connectivity index (χ0) is 20.9. The van der Waals surface area contributed by atoms with Crippen LogP contribution >= 0.6 is 0 Å². The van der Waals surface area contributed by atoms with Gasteiger partial charge in [-0.05, 0) is 32.7 Å². The highest BCUT2D eigenvalue weighted by Crippen LogP contribution is 2.29. The van der Waals surface area contributed by atoms with Gasteiger partial charge in [0.25, 0.3) is 0 Å². The first-order valence-electron chi connectivity index (χ1n) is 9.49. The second kappa shape index (κ2) is 12.7. The van der Waals surface area contributed by atoms with Crippen molar-refractivity contribution in [3.05, 3.63) is 0 Å². The summed E-state index contributed by atoms with van der Waals surface area (Å²) in [5, 5.41) is 6.01. The van der Waals surface area contributed by atoms with Gasteiger partial charge in [-0.3, -0.25) is 14.5 Å². The Morgan fingerprint density at radius 3 is 2.68 bits per heavy atom. The minimum atomic E-state index is -0.368. The Labute approximate surface area is 166 Å². The summed E-state index contributed by atoms with van der Waals surface area (Å²) in [6.07, 6.45) is 4.05. The van der Waals surface area contributed by atoms with Crippen molar-refractivity contribution in [1.82, 2.24) is 15.3 Å². The fraction of sp³-hybridized carbons (Fsp3) is 0.667. The summed E-state index contributed by atoms with van der Waals surface area (Å²) < 4.78 is 10.2. The van der Waals surface area contributed by atoms with Crippen LogP contribution < -0.4 is 26.0 Å². The third-order valence-corrected chi connectivity index (χ3v) is 4.11. The molecule has 0 spiro atoms. The number of nitrogens with zero attached hydrogens (tertiary/aromatic N) is 3. The molecule has 1 aromatic rings. The number of aromatic nitrogens is 2. The lowest BCUT2D eigenvalue weighted by Gasteiger charge is -2.21. The number of hydrogen-bond donors (Lipinski definition) is 3. The Bertz CT molecular complexity index is 628. The van der Waals surface area contributed by atoms with E-state index in [1.807, 2.05) is 0 Å². The van der Waals surface area contributed by atoms with E-state index in [0.29, 0.717) is 44.0 Å². The average molecular weight is 396 g/mol. The zero-order valence-corrected chi connectivity index (χ0v) is 17.2. The van der Waals surface area contributed by atoms with Crippen LogP contribution in [0.15, 0.2) is 0 Å². The zero-order valence-electron chi connectivity index (χ0n) is 17.2. The van der Waals surface area contributed by atoms with Gasteiger partial charge in [0.1, 0.15) is 11.7 Å². The highest BCUT2D eigenvalue weighted by Gasteiger charge is 2.18. The number of anilines is 3. The van der Waals surface area contributed by atoms with Gasteiger partial charge in [-0.2, -0.15) is 9.97 Å². The molecule has 0 aliphatic carbocycles. The molecule has 1 amide bonds. The van der Waals surface area contributed by atoms with Gasteiger partial charge in [0, 0.05) is 13.6 Å². The second-order valence-electron chi connectivity index (χ2n) is 6.25. The van der Waals surface area contributed by atoms with Crippen molar-refractivity contribution in [3.63, 3.8) is 0 Å². The summed E-state index contributed by atoms with van der Waals surface area (Å²) in [5.74, 6) is 0.298. The minimum absolute atomic E-state index is 0.153. The van der Waals surface area contributed by atoms with Crippen LogP contribution in [0, 0.1) is 0 Å². The molecule has 0 saturated carbocycles. The molecular weight excluding hydrogens is 364 g/mol. The van der Waals surface area contributed by atoms with Crippen molar-refractivity contribution in [1.29, 1.82) is 0 Å². The SMILES string of the molecule is CCCCOc1nc(N)c(NC)c(N(C=O)CCCCN[C@@H](C)C(=O)OC)n1. The van der Waals surface area contributed by atoms with Gasteiger partial charge >= 0.3 is 12.0 Å². The standard InChI is InChI=1S/C18H32N6O4/c1-5-6-11-28-18-22-15(19)14(20-3)16(23-18)24(12-25)10-8-7-9-21-13(2)17(26)27-4/h12-13,20-21H,5-11H2,1-4H3,(H2,19,22,23)/t13-/m0/s1. The number of esters is 1. The highest BCUT2D eigenvalue weighted by molar-refractivity contribution is 5.85. The number of hydrogen-bond acceptors (Lipinski definition) is 9. The molecule has 0 saturated heterocycles. The first kappa shape index (κ1) is 23.4. The molecule has 1 atom stereocenters. The first-order valence-corrected chi connectivity index (χ1v) is 9.49. The molecular formula is C18H32N6O4. The Morgan fingerprint density at radius 1 is 1.32 bits per heavy atom. The topological polar surface area (TPSA) is 132 Å². The predicted octanol–water partition coefficient (Wildman–Crippen LogP) is 1.17. The summed E-state index contributed by atoms with van der Waals surface area (Å²) in [4.78, 5) is 33.0. The van der Waals surface area contributed by atoms with Gasteiger partial charge in [-0.25, -0.2) is 0 Å². The van der Waals surface area contributed by atoms with Crippen LogP contribution in [0.5, 0.6) is 6.01 Å². The molecule has 0 fully saturated rings. The number of carbonyl (C=O) groups is 2. The lowest BCUT2D eigenvalue weighted by molar-refractivity contribution is -0.142. The maximum atomic E-state index is 11.6. The molecule has 0 radical (unpaired) electrons. The van der Waals surface area contributed by atoms with E-state index in [4.69, 9.17) is 10.5 Å². The molecule has 158 valence electrons. The summed E-state index contributed by atoms with van der Waals surface area (Å²) in [6.45, 7) is 5.35. The Hall–Kier alpha value is -2.62. The summed E-state index contributed by atoms with van der Waals surface area (Å²) in [7, 11) is 3.05. The second-order valence-corrected chi connectivity index (χ2v) is 6.25. The highest BCUT2D eigenvalue weighted by atomic mass is 16.5. The van der Waals surface area contributed by atoms with E-state index in [0.717, 1.165) is 19.3 Å². The van der Waals surface area contributed by atoms with Crippen LogP contribution in [0.1, 0.15) is 39.5 Å². The minimum Gasteiger partial charge on any atom is -0.468 e. The van der Waals surface area contributed by atoms with Gasteiger partial charge in [0.05, 0.1) is 13.7 Å². The number of ether oxygens (including phenoxy) is 2. The number of carbonyl (C=O) groups excluding carboxylic acids is 2. The van der Waals surface area contributed by atoms with Gasteiger partial charge in [0.2, 0.25) is 6.41 Å². The fourth-order valence-corrected chi connectivity index (χ4v) is 2.46. The molecule has 0 aromatic carbocycles. The molecule has 1 rings (SSSR count). The van der Waals surface area contributed by atoms with Crippen molar-refractivity contribution < 1.29 is 19.1 Å². The van der Waals surface area contributed by atoms with Crippen molar-refractivity contribution in [2.24, 2.45) is 0 Å². The van der Waals surface area contributed by atoms with Gasteiger partial charge in [-0.1, -0.05) is 13.3 Å². The van der Waals surface area contributed by atoms with E-state index in [2.05, 4.69) is 32.3 Å². The number of rotatable bonds is 14. The Balaban J connectivity index is 2.70. The van der Waals surface area contributed by atoms with Crippen molar-refractivity contribution in [3.8, 4) is 6.01 Å². The van der Waals surface area contributed by atoms with Crippen LogP contribution in [0.25, 0.3) is 0 Å². The van der Waals surface area contributed by atoms with E-state index in [1.165, 1.54) is 12.0 Å². The third kappa shape index (κ3) is 7.18. The van der Waals surface area contributed by atoms with E-state index in [-0.39, 0.29) is 23.8 Å². The largest absolute Gasteiger partial charge is 0.468 e. The number of unbranched alkanes of at least 4 members (excludes halogenated alkanes) is 2. The number of nitrogens with one attached hydrogen (secondary N) is 2. The van der Waals surface area contributed by atoms with Crippen LogP contribution in [0.4, 0.5) is 17.3 Å². The van der Waals surface area contributed by atoms with Crippen LogP contribution in [-0.2, 0) is 14.3 Å². The van der Waals surface area contributed by atoms with E-state index in [1.54, 1.807) is 14.0 Å². The van der Waals surface area contributed by atoms with Gasteiger partial charge in [0.15, 0.2) is 11.6 Å². The molecule has 0 bridgehead atoms. The third-order valence-electron chi connectivity index (χ3n) is 4.11. The monoisotopic (exact) mass is 396 g/mol. The lowest BCUT2D eigenvalue weighted by atomic mass is 10.2. The molecule has 4 N–H and O–H groups in total. The Kier molecular flexibility index (Phi) is 10.6. The van der Waals surface area contributed by atoms with Gasteiger partial charge < -0.3 is 25.8 Å². The smallest absolute Gasteiger partial charge is 0.322 e. The van der Waals surface area contributed by atoms with Crippen LogP contribution in [0.3, 0.4) is 0 Å². The molecule has 1 heterocycles. The van der Waals surface area contributed by atoms with Crippen molar-refractivity contribution >= 4 is 29.7 Å². The molecule has 0 unspecified atom stereocenters. The lowest BCUT2D eigenvalue weighted by Crippen LogP contribution is -2.35. The fourth-order valence-electron chi connectivity index (χ4n) is 2.46. The first-order chi connectivity index (χ1) is 13.5. The number of nitrogens with two attached hydrogens (primary N) is 1. The maximum absolute atomic E-state index is 11.6. The van der Waals surface area contributed by atoms with E-state index >= 15 is 0 Å². The van der Waals surface area contributed by atoms with Gasteiger partial charge in [-0.15, -0.1) is 0 Å². The van der Waals surface area contributed by atoms with E-state index in [9.17, 15) is 9.59 Å². The summed E-state index contributed by atoms with van der Waals surface area (Å²) in [5.41, 5.74) is 6.47. The molecule has 10 heteroatoms. The Morgan fingerprint density at radius 2 is 2.07 bits per heavy atom. The normalized spacial score (nSPS) is 11.6. The molecule has 0 aliphatic rings. The number of methoxy groups -OCH3 is 1. The molecule has 0 aliphatic heterocycles. The van der Waals surface area contributed by atoms with Crippen molar-refractivity contribution in [2.45, 2.75) is 45.6 Å².